The highest BCUT2D eigenvalue weighted by atomic mass is 16.5. The van der Waals surface area contributed by atoms with E-state index in [9.17, 15) is 0 Å². The van der Waals surface area contributed by atoms with Crippen LogP contribution in [0.4, 0.5) is 0 Å². The zero-order valence-corrected chi connectivity index (χ0v) is 21.9. The Morgan fingerprint density at radius 2 is 1.60 bits per heavy atom. The molecule has 0 spiro atoms. The summed E-state index contributed by atoms with van der Waals surface area (Å²) in [6.45, 7) is 15.7. The van der Waals surface area contributed by atoms with Crippen LogP contribution in [0.3, 0.4) is 0 Å². The molecule has 0 bridgehead atoms. The van der Waals surface area contributed by atoms with Gasteiger partial charge in [0, 0.05) is 10.9 Å². The second-order valence-electron chi connectivity index (χ2n) is 10.7. The van der Waals surface area contributed by atoms with Crippen LogP contribution >= 0.6 is 0 Å². The van der Waals surface area contributed by atoms with Gasteiger partial charge in [0.25, 0.3) is 0 Å². The maximum atomic E-state index is 6.63. The molecule has 1 aliphatic rings. The van der Waals surface area contributed by atoms with Gasteiger partial charge in [-0.1, -0.05) is 62.4 Å². The van der Waals surface area contributed by atoms with Crippen molar-refractivity contribution in [2.45, 2.75) is 72.5 Å². The van der Waals surface area contributed by atoms with Crippen LogP contribution in [0.5, 0.6) is 11.5 Å². The van der Waals surface area contributed by atoms with Crippen LogP contribution in [0.2, 0.25) is 0 Å². The highest BCUT2D eigenvalue weighted by Gasteiger charge is 2.45. The van der Waals surface area contributed by atoms with Crippen molar-refractivity contribution in [2.75, 3.05) is 0 Å². The predicted molar refractivity (Wildman–Crippen MR) is 144 cm³/mol. The first-order valence-electron chi connectivity index (χ1n) is 12.6. The van der Waals surface area contributed by atoms with Crippen molar-refractivity contribution >= 4 is 10.9 Å². The first-order valence-corrected chi connectivity index (χ1v) is 12.6. The molecule has 0 aliphatic carbocycles. The van der Waals surface area contributed by atoms with Gasteiger partial charge in [0.2, 0.25) is 0 Å². The van der Waals surface area contributed by atoms with E-state index >= 15 is 0 Å². The Hall–Kier alpha value is -3.33. The second-order valence-corrected chi connectivity index (χ2v) is 10.7. The summed E-state index contributed by atoms with van der Waals surface area (Å²) < 4.78 is 13.1. The highest BCUT2D eigenvalue weighted by molar-refractivity contribution is 5.78. The van der Waals surface area contributed by atoms with E-state index in [1.165, 1.54) is 16.7 Å². The van der Waals surface area contributed by atoms with Crippen molar-refractivity contribution in [1.29, 1.82) is 0 Å². The van der Waals surface area contributed by atoms with E-state index in [1.54, 1.807) is 0 Å². The number of nitrogens with zero attached hydrogens (tertiary/aromatic N) is 1. The van der Waals surface area contributed by atoms with E-state index < -0.39 is 0 Å². The molecule has 3 nitrogen and oxygen atoms in total. The Morgan fingerprint density at radius 3 is 2.31 bits per heavy atom. The second kappa shape index (κ2) is 8.71. The summed E-state index contributed by atoms with van der Waals surface area (Å²) >= 11 is 0. The van der Waals surface area contributed by atoms with E-state index in [-0.39, 0.29) is 11.5 Å². The first-order chi connectivity index (χ1) is 16.7. The predicted octanol–water partition coefficient (Wildman–Crippen LogP) is 8.17. The molecule has 2 heterocycles. The minimum absolute atomic E-state index is 0.138. The highest BCUT2D eigenvalue weighted by Crippen LogP contribution is 2.54. The normalized spacial score (nSPS) is 16.4. The zero-order valence-electron chi connectivity index (χ0n) is 21.9. The molecule has 0 radical (unpaired) electrons. The molecule has 0 saturated carbocycles. The van der Waals surface area contributed by atoms with Gasteiger partial charge in [-0.05, 0) is 80.5 Å². The lowest BCUT2D eigenvalue weighted by atomic mass is 9.78. The van der Waals surface area contributed by atoms with Crippen molar-refractivity contribution < 1.29 is 9.47 Å². The summed E-state index contributed by atoms with van der Waals surface area (Å²) in [6, 6.07) is 21.4. The molecule has 180 valence electrons. The van der Waals surface area contributed by atoms with E-state index in [1.807, 2.05) is 18.2 Å². The monoisotopic (exact) mass is 465 g/mol. The summed E-state index contributed by atoms with van der Waals surface area (Å²) in [5.74, 6) is 2.61. The van der Waals surface area contributed by atoms with Gasteiger partial charge in [0.15, 0.2) is 0 Å². The lowest BCUT2D eigenvalue weighted by Gasteiger charge is -2.27. The largest absolute Gasteiger partial charge is 0.487 e. The first kappa shape index (κ1) is 23.4. The van der Waals surface area contributed by atoms with Crippen molar-refractivity contribution in [3.8, 4) is 11.5 Å². The van der Waals surface area contributed by atoms with Gasteiger partial charge in [0.05, 0.1) is 17.1 Å². The van der Waals surface area contributed by atoms with Gasteiger partial charge in [-0.25, -0.2) is 4.98 Å². The van der Waals surface area contributed by atoms with Crippen LogP contribution in [-0.4, -0.2) is 10.6 Å². The van der Waals surface area contributed by atoms with E-state index in [2.05, 4.69) is 90.9 Å². The smallest absolute Gasteiger partial charge is 0.130 e. The lowest BCUT2D eigenvalue weighted by Crippen LogP contribution is -2.31. The van der Waals surface area contributed by atoms with Crippen molar-refractivity contribution in [3.05, 3.63) is 99.7 Å². The van der Waals surface area contributed by atoms with Crippen molar-refractivity contribution in [3.63, 3.8) is 0 Å². The van der Waals surface area contributed by atoms with Gasteiger partial charge in [0.1, 0.15) is 23.7 Å². The maximum Gasteiger partial charge on any atom is 0.130 e. The molecule has 0 N–H and O–H groups in total. The van der Waals surface area contributed by atoms with Crippen LogP contribution < -0.4 is 9.47 Å². The lowest BCUT2D eigenvalue weighted by molar-refractivity contribution is 0.121. The van der Waals surface area contributed by atoms with Gasteiger partial charge in [-0.15, -0.1) is 0 Å². The minimum atomic E-state index is -0.345. The van der Waals surface area contributed by atoms with Crippen molar-refractivity contribution in [2.24, 2.45) is 0 Å². The Bertz CT molecular complexity index is 1400. The summed E-state index contributed by atoms with van der Waals surface area (Å²) in [5, 5.41) is 1.14. The number of ether oxygens (including phenoxy) is 2. The van der Waals surface area contributed by atoms with Gasteiger partial charge >= 0.3 is 0 Å². The fraction of sp³-hybridized carbons (Fsp3) is 0.344. The van der Waals surface area contributed by atoms with Crippen LogP contribution in [0.15, 0.2) is 60.7 Å². The molecule has 3 aromatic carbocycles. The van der Waals surface area contributed by atoms with E-state index in [0.29, 0.717) is 12.5 Å². The Kier molecular flexibility index (Phi) is 5.83. The van der Waals surface area contributed by atoms with Crippen LogP contribution in [0.1, 0.15) is 78.6 Å². The third kappa shape index (κ3) is 4.07. The average Bonchev–Trinajstić information content (AvgIpc) is 3.13. The van der Waals surface area contributed by atoms with Crippen molar-refractivity contribution in [1.82, 2.24) is 4.98 Å². The molecule has 35 heavy (non-hydrogen) atoms. The molecule has 5 rings (SSSR count). The maximum absolute atomic E-state index is 6.63. The number of aromatic nitrogens is 1. The minimum Gasteiger partial charge on any atom is -0.487 e. The molecule has 0 saturated heterocycles. The average molecular weight is 466 g/mol. The van der Waals surface area contributed by atoms with Crippen LogP contribution in [0.25, 0.3) is 10.9 Å². The standard InChI is InChI=1S/C32H35NO2/c1-19(2)23-12-14-25(15-13-23)29-28-22(5)30(20(3)21(4)31(28)35-32(29,6)7)34-18-26-17-16-24-10-8-9-11-27(24)33-26/h8-17,19,29H,18H2,1-7H3. The Labute approximate surface area is 209 Å². The number of hydrogen-bond donors (Lipinski definition) is 0. The molecule has 1 unspecified atom stereocenters. The SMILES string of the molecule is Cc1c(C)c2c(c(C)c1OCc1ccc3ccccc3n1)C(c1ccc(C(C)C)cc1)C(C)(C)O2. The summed E-state index contributed by atoms with van der Waals surface area (Å²) in [5.41, 5.74) is 8.91. The molecule has 0 fully saturated rings. The zero-order chi connectivity index (χ0) is 24.9. The van der Waals surface area contributed by atoms with E-state index in [0.717, 1.165) is 44.8 Å². The number of hydrogen-bond acceptors (Lipinski definition) is 3. The Balaban J connectivity index is 1.53. The fourth-order valence-electron chi connectivity index (χ4n) is 5.46. The van der Waals surface area contributed by atoms with Gasteiger partial charge in [-0.3, -0.25) is 0 Å². The third-order valence-electron chi connectivity index (χ3n) is 7.54. The summed E-state index contributed by atoms with van der Waals surface area (Å²) in [7, 11) is 0. The quantitative estimate of drug-likeness (QED) is 0.298. The third-order valence-corrected chi connectivity index (χ3v) is 7.54. The van der Waals surface area contributed by atoms with Crippen LogP contribution in [0, 0.1) is 20.8 Å². The molecular formula is C32H35NO2. The molecule has 4 aromatic rings. The fourth-order valence-corrected chi connectivity index (χ4v) is 5.46. The molecule has 3 heteroatoms. The number of rotatable bonds is 5. The Morgan fingerprint density at radius 1 is 0.886 bits per heavy atom. The number of para-hydroxylation sites is 1. The molecule has 0 amide bonds. The summed E-state index contributed by atoms with van der Waals surface area (Å²) in [4.78, 5) is 4.80. The topological polar surface area (TPSA) is 31.4 Å². The number of fused-ring (bicyclic) bond motifs is 2. The molecular weight excluding hydrogens is 430 g/mol. The number of benzene rings is 3. The number of pyridine rings is 1. The van der Waals surface area contributed by atoms with Gasteiger partial charge in [-0.2, -0.15) is 0 Å². The summed E-state index contributed by atoms with van der Waals surface area (Å²) in [6.07, 6.45) is 0. The van der Waals surface area contributed by atoms with Gasteiger partial charge < -0.3 is 9.47 Å². The van der Waals surface area contributed by atoms with Crippen LogP contribution in [-0.2, 0) is 6.61 Å². The molecule has 1 atom stereocenters. The molecule has 1 aromatic heterocycles. The molecule has 1 aliphatic heterocycles. The van der Waals surface area contributed by atoms with E-state index in [4.69, 9.17) is 14.5 Å².